The highest BCUT2D eigenvalue weighted by molar-refractivity contribution is 6.30. The van der Waals surface area contributed by atoms with Gasteiger partial charge in [0.25, 0.3) is 0 Å². The first-order valence-corrected chi connectivity index (χ1v) is 6.97. The number of nitrogens with zero attached hydrogens (tertiary/aromatic N) is 3. The number of rotatable bonds is 4. The van der Waals surface area contributed by atoms with Crippen molar-refractivity contribution in [2.75, 3.05) is 51.8 Å². The Morgan fingerprint density at radius 3 is 2.90 bits per heavy atom. The summed E-state index contributed by atoms with van der Waals surface area (Å²) in [4.78, 5) is 19.9. The second-order valence-electron chi connectivity index (χ2n) is 4.67. The van der Waals surface area contributed by atoms with Crippen LogP contribution in [0.5, 0.6) is 0 Å². The Morgan fingerprint density at radius 1 is 1.50 bits per heavy atom. The number of likely N-dealkylation sites (N-methyl/N-ethyl adjacent to an activating group) is 1. The summed E-state index contributed by atoms with van der Waals surface area (Å²) in [6.45, 7) is 4.90. The average molecular weight is 299 g/mol. The van der Waals surface area contributed by atoms with Crippen LogP contribution in [0.1, 0.15) is 0 Å². The monoisotopic (exact) mass is 298 g/mol. The van der Waals surface area contributed by atoms with Crippen LogP contribution >= 0.6 is 11.6 Å². The molecule has 2 rings (SSSR count). The van der Waals surface area contributed by atoms with Gasteiger partial charge < -0.3 is 9.64 Å². The summed E-state index contributed by atoms with van der Waals surface area (Å²) >= 11 is 5.75. The maximum absolute atomic E-state index is 12.0. The summed E-state index contributed by atoms with van der Waals surface area (Å²) in [7, 11) is 1.77. The van der Waals surface area contributed by atoms with Crippen molar-refractivity contribution in [1.82, 2.24) is 14.8 Å². The number of hydrogen-bond donors (Lipinski definition) is 1. The predicted molar refractivity (Wildman–Crippen MR) is 78.2 cm³/mol. The maximum atomic E-state index is 12.0. The van der Waals surface area contributed by atoms with Gasteiger partial charge in [-0.1, -0.05) is 11.6 Å². The number of aromatic nitrogens is 1. The molecule has 1 N–H and O–H groups in total. The van der Waals surface area contributed by atoms with Crippen molar-refractivity contribution in [3.63, 3.8) is 0 Å². The van der Waals surface area contributed by atoms with Gasteiger partial charge in [0.1, 0.15) is 5.82 Å². The van der Waals surface area contributed by atoms with E-state index in [2.05, 4.69) is 15.2 Å². The molecule has 1 aliphatic rings. The van der Waals surface area contributed by atoms with E-state index in [1.165, 1.54) is 6.20 Å². The molecule has 0 aromatic carbocycles. The first-order chi connectivity index (χ1) is 9.65. The molecular formula is C13H19ClN4O2. The summed E-state index contributed by atoms with van der Waals surface area (Å²) in [5.41, 5.74) is 0. The molecule has 110 valence electrons. The number of ether oxygens (including phenoxy) is 1. The van der Waals surface area contributed by atoms with E-state index in [-0.39, 0.29) is 6.03 Å². The molecular weight excluding hydrogens is 280 g/mol. The third-order valence-corrected chi connectivity index (χ3v) is 3.39. The Morgan fingerprint density at radius 2 is 2.25 bits per heavy atom. The van der Waals surface area contributed by atoms with Crippen molar-refractivity contribution in [1.29, 1.82) is 0 Å². The van der Waals surface area contributed by atoms with Crippen molar-refractivity contribution in [2.24, 2.45) is 0 Å². The van der Waals surface area contributed by atoms with E-state index in [4.69, 9.17) is 16.3 Å². The summed E-state index contributed by atoms with van der Waals surface area (Å²) < 4.78 is 5.29. The van der Waals surface area contributed by atoms with E-state index < -0.39 is 0 Å². The fraction of sp³-hybridized carbons (Fsp3) is 0.538. The van der Waals surface area contributed by atoms with Gasteiger partial charge in [-0.25, -0.2) is 9.78 Å². The van der Waals surface area contributed by atoms with Crippen LogP contribution in [0, 0.1) is 0 Å². The molecule has 20 heavy (non-hydrogen) atoms. The molecule has 0 radical (unpaired) electrons. The number of carbonyl (C=O) groups is 1. The molecule has 0 bridgehead atoms. The molecule has 1 aliphatic heterocycles. The van der Waals surface area contributed by atoms with E-state index in [1.54, 1.807) is 24.1 Å². The van der Waals surface area contributed by atoms with E-state index in [0.29, 0.717) is 17.4 Å². The molecule has 0 atom stereocenters. The molecule has 2 amide bonds. The number of urea groups is 1. The Hall–Kier alpha value is -1.37. The number of hydrogen-bond acceptors (Lipinski definition) is 4. The fourth-order valence-corrected chi connectivity index (χ4v) is 1.98. The van der Waals surface area contributed by atoms with Crippen LogP contribution in [0.25, 0.3) is 0 Å². The summed E-state index contributed by atoms with van der Waals surface area (Å²) in [5, 5.41) is 3.28. The van der Waals surface area contributed by atoms with Gasteiger partial charge in [-0.3, -0.25) is 10.2 Å². The van der Waals surface area contributed by atoms with E-state index in [1.807, 2.05) is 0 Å². The quantitative estimate of drug-likeness (QED) is 0.916. The van der Waals surface area contributed by atoms with Crippen LogP contribution < -0.4 is 5.32 Å². The smallest absolute Gasteiger partial charge is 0.322 e. The molecule has 0 aliphatic carbocycles. The highest BCUT2D eigenvalue weighted by Gasteiger charge is 2.13. The van der Waals surface area contributed by atoms with Crippen LogP contribution in [0.2, 0.25) is 5.02 Å². The molecule has 0 spiro atoms. The third kappa shape index (κ3) is 4.63. The SMILES string of the molecule is CN(CCN1CCOCC1)C(=O)Nc1ccc(Cl)cn1. The lowest BCUT2D eigenvalue weighted by Gasteiger charge is -2.28. The van der Waals surface area contributed by atoms with Crippen molar-refractivity contribution < 1.29 is 9.53 Å². The molecule has 1 aromatic rings. The van der Waals surface area contributed by atoms with Crippen LogP contribution in [0.4, 0.5) is 10.6 Å². The van der Waals surface area contributed by atoms with Crippen molar-refractivity contribution in [3.05, 3.63) is 23.4 Å². The zero-order valence-electron chi connectivity index (χ0n) is 11.5. The van der Waals surface area contributed by atoms with Crippen LogP contribution in [0.15, 0.2) is 18.3 Å². The van der Waals surface area contributed by atoms with Crippen LogP contribution in [-0.2, 0) is 4.74 Å². The number of morpholine rings is 1. The lowest BCUT2D eigenvalue weighted by atomic mass is 10.4. The Kier molecular flexibility index (Phi) is 5.58. The Balaban J connectivity index is 1.75. The Bertz CT molecular complexity index is 435. The second-order valence-corrected chi connectivity index (χ2v) is 5.10. The minimum absolute atomic E-state index is 0.173. The normalized spacial score (nSPS) is 15.9. The third-order valence-electron chi connectivity index (χ3n) is 3.16. The average Bonchev–Trinajstić information content (AvgIpc) is 2.48. The van der Waals surface area contributed by atoms with Gasteiger partial charge in [0.15, 0.2) is 0 Å². The van der Waals surface area contributed by atoms with E-state index in [0.717, 1.165) is 32.8 Å². The second kappa shape index (κ2) is 7.42. The molecule has 1 aromatic heterocycles. The highest BCUT2D eigenvalue weighted by Crippen LogP contribution is 2.09. The fourth-order valence-electron chi connectivity index (χ4n) is 1.87. The topological polar surface area (TPSA) is 57.7 Å². The maximum Gasteiger partial charge on any atom is 0.322 e. The first kappa shape index (κ1) is 15.0. The molecule has 6 nitrogen and oxygen atoms in total. The number of anilines is 1. The molecule has 0 unspecified atom stereocenters. The minimum atomic E-state index is -0.173. The van der Waals surface area contributed by atoms with Gasteiger partial charge in [0, 0.05) is 39.4 Å². The highest BCUT2D eigenvalue weighted by atomic mass is 35.5. The number of halogens is 1. The van der Waals surface area contributed by atoms with Crippen molar-refractivity contribution in [2.45, 2.75) is 0 Å². The molecule has 7 heteroatoms. The first-order valence-electron chi connectivity index (χ1n) is 6.59. The summed E-state index contributed by atoms with van der Waals surface area (Å²) in [6, 6.07) is 3.20. The van der Waals surface area contributed by atoms with E-state index >= 15 is 0 Å². The zero-order chi connectivity index (χ0) is 14.4. The number of nitrogens with one attached hydrogen (secondary N) is 1. The van der Waals surface area contributed by atoms with Crippen molar-refractivity contribution in [3.8, 4) is 0 Å². The lowest BCUT2D eigenvalue weighted by Crippen LogP contribution is -2.42. The van der Waals surface area contributed by atoms with Gasteiger partial charge >= 0.3 is 6.03 Å². The molecule has 1 saturated heterocycles. The number of amides is 2. The van der Waals surface area contributed by atoms with Gasteiger partial charge in [-0.2, -0.15) is 0 Å². The van der Waals surface area contributed by atoms with E-state index in [9.17, 15) is 4.79 Å². The molecule has 0 saturated carbocycles. The van der Waals surface area contributed by atoms with Gasteiger partial charge in [0.2, 0.25) is 0 Å². The standard InChI is InChI=1S/C13H19ClN4O2/c1-17(4-5-18-6-8-20-9-7-18)13(19)16-12-3-2-11(14)10-15-12/h2-3,10H,4-9H2,1H3,(H,15,16,19). The molecule has 2 heterocycles. The van der Waals surface area contributed by atoms with Gasteiger partial charge in [0.05, 0.1) is 18.2 Å². The minimum Gasteiger partial charge on any atom is -0.379 e. The van der Waals surface area contributed by atoms with Gasteiger partial charge in [-0.05, 0) is 12.1 Å². The predicted octanol–water partition coefficient (Wildman–Crippen LogP) is 1.53. The van der Waals surface area contributed by atoms with Crippen LogP contribution in [-0.4, -0.2) is 67.3 Å². The lowest BCUT2D eigenvalue weighted by molar-refractivity contribution is 0.0359. The van der Waals surface area contributed by atoms with Crippen molar-refractivity contribution >= 4 is 23.4 Å². The van der Waals surface area contributed by atoms with Crippen LogP contribution in [0.3, 0.4) is 0 Å². The number of carbonyl (C=O) groups excluding carboxylic acids is 1. The zero-order valence-corrected chi connectivity index (χ0v) is 12.3. The summed E-state index contributed by atoms with van der Waals surface area (Å²) in [6.07, 6.45) is 1.50. The van der Waals surface area contributed by atoms with Gasteiger partial charge in [-0.15, -0.1) is 0 Å². The largest absolute Gasteiger partial charge is 0.379 e. The number of pyridine rings is 1. The summed E-state index contributed by atoms with van der Waals surface area (Å²) in [5.74, 6) is 0.498. The molecule has 1 fully saturated rings. The Labute approximate surface area is 123 Å².